The topological polar surface area (TPSA) is 73.2 Å². The Kier molecular flexibility index (Phi) is 5.28. The van der Waals surface area contributed by atoms with Crippen molar-refractivity contribution >= 4 is 5.91 Å². The van der Waals surface area contributed by atoms with Crippen molar-refractivity contribution in [2.45, 2.75) is 45.9 Å². The minimum atomic E-state index is -0.366. The monoisotopic (exact) mass is 341 g/mol. The lowest BCUT2D eigenvalue weighted by Crippen LogP contribution is -2.36. The van der Waals surface area contributed by atoms with Crippen LogP contribution in [0.2, 0.25) is 0 Å². The van der Waals surface area contributed by atoms with Crippen molar-refractivity contribution in [1.82, 2.24) is 14.9 Å². The minimum Gasteiger partial charge on any atom is -0.376 e. The van der Waals surface area contributed by atoms with Crippen LogP contribution in [0.4, 0.5) is 0 Å². The second kappa shape index (κ2) is 7.61. The fraction of sp³-hybridized carbons (Fsp3) is 0.421. The minimum absolute atomic E-state index is 0.0449. The molecule has 6 heteroatoms. The van der Waals surface area contributed by atoms with Crippen LogP contribution in [0.15, 0.2) is 35.3 Å². The van der Waals surface area contributed by atoms with Gasteiger partial charge in [-0.05, 0) is 50.5 Å². The molecule has 1 amide bonds. The lowest BCUT2D eigenvalue weighted by molar-refractivity contribution is 0.0925. The largest absolute Gasteiger partial charge is 0.376 e. The molecule has 0 aromatic carbocycles. The van der Waals surface area contributed by atoms with E-state index in [4.69, 9.17) is 4.74 Å². The van der Waals surface area contributed by atoms with Gasteiger partial charge in [-0.2, -0.15) is 0 Å². The number of hydrogen-bond acceptors (Lipinski definition) is 4. The molecule has 0 radical (unpaired) electrons. The Morgan fingerprint density at radius 1 is 1.40 bits per heavy atom. The van der Waals surface area contributed by atoms with Crippen molar-refractivity contribution in [2.24, 2.45) is 0 Å². The number of ether oxygens (including phenoxy) is 1. The van der Waals surface area contributed by atoms with Gasteiger partial charge in [-0.3, -0.25) is 14.6 Å². The molecular formula is C19H23N3O3. The number of nitrogens with one attached hydrogen (secondary N) is 1. The lowest BCUT2D eigenvalue weighted by Gasteiger charge is -2.17. The highest BCUT2D eigenvalue weighted by Gasteiger charge is 2.21. The van der Waals surface area contributed by atoms with E-state index < -0.39 is 0 Å². The molecule has 0 unspecified atom stereocenters. The van der Waals surface area contributed by atoms with Gasteiger partial charge in [-0.15, -0.1) is 0 Å². The third-order valence-electron chi connectivity index (χ3n) is 4.50. The summed E-state index contributed by atoms with van der Waals surface area (Å²) in [5, 5.41) is 2.79. The summed E-state index contributed by atoms with van der Waals surface area (Å²) in [7, 11) is 0. The Balaban J connectivity index is 1.82. The van der Waals surface area contributed by atoms with E-state index in [-0.39, 0.29) is 29.7 Å². The number of carbonyl (C=O) groups excluding carboxylic acids is 1. The van der Waals surface area contributed by atoms with Crippen LogP contribution in [0.25, 0.3) is 0 Å². The van der Waals surface area contributed by atoms with Gasteiger partial charge in [0.1, 0.15) is 5.56 Å². The number of nitrogens with zero attached hydrogens (tertiary/aromatic N) is 2. The number of pyridine rings is 2. The molecule has 132 valence electrons. The fourth-order valence-corrected chi connectivity index (χ4v) is 3.18. The van der Waals surface area contributed by atoms with Crippen LogP contribution in [0.5, 0.6) is 0 Å². The van der Waals surface area contributed by atoms with Gasteiger partial charge in [-0.1, -0.05) is 6.07 Å². The van der Waals surface area contributed by atoms with Crippen molar-refractivity contribution in [3.8, 4) is 0 Å². The van der Waals surface area contributed by atoms with E-state index in [2.05, 4.69) is 10.3 Å². The summed E-state index contributed by atoms with van der Waals surface area (Å²) in [5.41, 5.74) is 2.22. The van der Waals surface area contributed by atoms with Crippen molar-refractivity contribution < 1.29 is 9.53 Å². The SMILES string of the molecule is Cc1cc(C)n(C[C@@H]2CCCO2)c(=O)c1C(=O)NCc1ccccn1. The van der Waals surface area contributed by atoms with Gasteiger partial charge in [0.25, 0.3) is 11.5 Å². The molecule has 1 atom stereocenters. The first-order chi connectivity index (χ1) is 12.1. The van der Waals surface area contributed by atoms with Gasteiger partial charge in [0.05, 0.1) is 24.9 Å². The second-order valence-electron chi connectivity index (χ2n) is 6.40. The van der Waals surface area contributed by atoms with Crippen LogP contribution in [0.1, 0.15) is 40.2 Å². The zero-order chi connectivity index (χ0) is 17.8. The molecule has 1 N–H and O–H groups in total. The summed E-state index contributed by atoms with van der Waals surface area (Å²) in [6.45, 7) is 5.20. The molecule has 3 rings (SSSR count). The van der Waals surface area contributed by atoms with E-state index in [0.29, 0.717) is 12.1 Å². The summed E-state index contributed by atoms with van der Waals surface area (Å²) >= 11 is 0. The Hall–Kier alpha value is -2.47. The van der Waals surface area contributed by atoms with E-state index in [0.717, 1.165) is 30.8 Å². The van der Waals surface area contributed by atoms with E-state index in [1.165, 1.54) is 0 Å². The smallest absolute Gasteiger partial charge is 0.263 e. The second-order valence-corrected chi connectivity index (χ2v) is 6.40. The molecule has 3 heterocycles. The molecule has 2 aromatic heterocycles. The molecule has 2 aromatic rings. The molecule has 1 saturated heterocycles. The molecule has 0 spiro atoms. The zero-order valence-corrected chi connectivity index (χ0v) is 14.6. The highest BCUT2D eigenvalue weighted by atomic mass is 16.5. The first kappa shape index (κ1) is 17.4. The Bertz CT molecular complexity index is 809. The van der Waals surface area contributed by atoms with Crippen molar-refractivity contribution in [3.05, 3.63) is 63.3 Å². The van der Waals surface area contributed by atoms with Gasteiger partial charge < -0.3 is 14.6 Å². The zero-order valence-electron chi connectivity index (χ0n) is 14.6. The van der Waals surface area contributed by atoms with Gasteiger partial charge >= 0.3 is 0 Å². The molecule has 1 fully saturated rings. The summed E-state index contributed by atoms with van der Waals surface area (Å²) in [6.07, 6.45) is 3.68. The van der Waals surface area contributed by atoms with Gasteiger partial charge in [0.15, 0.2) is 0 Å². The number of hydrogen-bond donors (Lipinski definition) is 1. The third kappa shape index (κ3) is 3.96. The van der Waals surface area contributed by atoms with Gasteiger partial charge in [-0.25, -0.2) is 0 Å². The number of aryl methyl sites for hydroxylation is 2. The van der Waals surface area contributed by atoms with Gasteiger partial charge in [0.2, 0.25) is 0 Å². The summed E-state index contributed by atoms with van der Waals surface area (Å²) in [6, 6.07) is 7.39. The van der Waals surface area contributed by atoms with Crippen LogP contribution in [0.3, 0.4) is 0 Å². The molecule has 0 aliphatic carbocycles. The maximum absolute atomic E-state index is 12.9. The lowest BCUT2D eigenvalue weighted by atomic mass is 10.1. The van der Waals surface area contributed by atoms with E-state index in [9.17, 15) is 9.59 Å². The number of rotatable bonds is 5. The number of aromatic nitrogens is 2. The molecule has 1 aliphatic heterocycles. The molecular weight excluding hydrogens is 318 g/mol. The van der Waals surface area contributed by atoms with E-state index in [1.54, 1.807) is 17.7 Å². The Labute approximate surface area is 146 Å². The maximum atomic E-state index is 12.9. The highest BCUT2D eigenvalue weighted by Crippen LogP contribution is 2.15. The van der Waals surface area contributed by atoms with E-state index in [1.807, 2.05) is 31.2 Å². The molecule has 6 nitrogen and oxygen atoms in total. The summed E-state index contributed by atoms with van der Waals surface area (Å²) in [4.78, 5) is 29.6. The molecule has 1 aliphatic rings. The predicted octanol–water partition coefficient (Wildman–Crippen LogP) is 1.97. The Morgan fingerprint density at radius 2 is 2.24 bits per heavy atom. The molecule has 25 heavy (non-hydrogen) atoms. The van der Waals surface area contributed by atoms with E-state index >= 15 is 0 Å². The normalized spacial score (nSPS) is 16.8. The van der Waals surface area contributed by atoms with Crippen LogP contribution in [0, 0.1) is 13.8 Å². The summed E-state index contributed by atoms with van der Waals surface area (Å²) in [5.74, 6) is -0.366. The molecule has 0 bridgehead atoms. The number of carbonyl (C=O) groups is 1. The third-order valence-corrected chi connectivity index (χ3v) is 4.50. The molecule has 0 saturated carbocycles. The predicted molar refractivity (Wildman–Crippen MR) is 94.6 cm³/mol. The maximum Gasteiger partial charge on any atom is 0.263 e. The average molecular weight is 341 g/mol. The fourth-order valence-electron chi connectivity index (χ4n) is 3.18. The standard InChI is InChI=1S/C19H23N3O3/c1-13-10-14(2)22(12-16-7-5-9-25-16)19(24)17(13)18(23)21-11-15-6-3-4-8-20-15/h3-4,6,8,10,16H,5,7,9,11-12H2,1-2H3,(H,21,23)/t16-/m0/s1. The summed E-state index contributed by atoms with van der Waals surface area (Å²) < 4.78 is 7.29. The number of amides is 1. The van der Waals surface area contributed by atoms with Crippen molar-refractivity contribution in [1.29, 1.82) is 0 Å². The van der Waals surface area contributed by atoms with Crippen LogP contribution in [-0.4, -0.2) is 28.2 Å². The Morgan fingerprint density at radius 3 is 2.92 bits per heavy atom. The average Bonchev–Trinajstić information content (AvgIpc) is 3.11. The van der Waals surface area contributed by atoms with Crippen molar-refractivity contribution in [2.75, 3.05) is 6.61 Å². The first-order valence-corrected chi connectivity index (χ1v) is 8.57. The van der Waals surface area contributed by atoms with Crippen LogP contribution < -0.4 is 10.9 Å². The quantitative estimate of drug-likeness (QED) is 0.902. The highest BCUT2D eigenvalue weighted by molar-refractivity contribution is 5.95. The van der Waals surface area contributed by atoms with Crippen LogP contribution in [-0.2, 0) is 17.8 Å². The first-order valence-electron chi connectivity index (χ1n) is 8.57. The van der Waals surface area contributed by atoms with Crippen molar-refractivity contribution in [3.63, 3.8) is 0 Å². The van der Waals surface area contributed by atoms with Crippen LogP contribution >= 0.6 is 0 Å². The van der Waals surface area contributed by atoms with Gasteiger partial charge in [0, 0.05) is 18.5 Å².